The zero-order chi connectivity index (χ0) is 13.0. The molecule has 0 aliphatic carbocycles. The predicted molar refractivity (Wildman–Crippen MR) is 70.5 cm³/mol. The molecule has 0 N–H and O–H groups in total. The Morgan fingerprint density at radius 2 is 1.67 bits per heavy atom. The van der Waals surface area contributed by atoms with Gasteiger partial charge in [0.2, 0.25) is 0 Å². The topological polar surface area (TPSA) is 27.7 Å². The lowest BCUT2D eigenvalue weighted by molar-refractivity contribution is 0.371. The van der Waals surface area contributed by atoms with Crippen molar-refractivity contribution < 1.29 is 14.2 Å². The average Bonchev–Trinajstić information content (AvgIpc) is 2.38. The molecule has 0 atom stereocenters. The largest absolute Gasteiger partial charge is 0.497 e. The molecule has 0 amide bonds. The third-order valence-corrected chi connectivity index (χ3v) is 2.50. The molecule has 0 unspecified atom stereocenters. The number of methoxy groups -OCH3 is 2. The fourth-order valence-corrected chi connectivity index (χ4v) is 1.60. The van der Waals surface area contributed by atoms with E-state index in [4.69, 9.17) is 14.2 Å². The molecule has 93 valence electrons. The highest BCUT2D eigenvalue weighted by Gasteiger charge is 2.07. The van der Waals surface area contributed by atoms with Crippen LogP contribution in [-0.4, -0.2) is 14.2 Å². The van der Waals surface area contributed by atoms with Gasteiger partial charge in [0, 0.05) is 6.07 Å². The SMILES string of the molecule is [CH2]c1cccc(Oc2cc(OC)ccc2OC)c1. The number of hydrogen-bond acceptors (Lipinski definition) is 3. The quantitative estimate of drug-likeness (QED) is 0.819. The highest BCUT2D eigenvalue weighted by molar-refractivity contribution is 5.48. The summed E-state index contributed by atoms with van der Waals surface area (Å²) in [5.41, 5.74) is 0.898. The van der Waals surface area contributed by atoms with Crippen LogP contribution in [0.5, 0.6) is 23.0 Å². The smallest absolute Gasteiger partial charge is 0.172 e. The number of rotatable bonds is 4. The van der Waals surface area contributed by atoms with Crippen LogP contribution in [0, 0.1) is 6.92 Å². The Bertz CT molecular complexity index is 535. The van der Waals surface area contributed by atoms with E-state index in [1.807, 2.05) is 36.4 Å². The van der Waals surface area contributed by atoms with Crippen LogP contribution in [0.15, 0.2) is 42.5 Å². The van der Waals surface area contributed by atoms with Gasteiger partial charge in [-0.15, -0.1) is 0 Å². The van der Waals surface area contributed by atoms with Crippen molar-refractivity contribution in [2.75, 3.05) is 14.2 Å². The second-order valence-corrected chi connectivity index (χ2v) is 3.77. The van der Waals surface area contributed by atoms with E-state index in [0.717, 1.165) is 11.3 Å². The van der Waals surface area contributed by atoms with Gasteiger partial charge in [-0.25, -0.2) is 0 Å². The number of ether oxygens (including phenoxy) is 3. The van der Waals surface area contributed by atoms with Crippen LogP contribution < -0.4 is 14.2 Å². The van der Waals surface area contributed by atoms with E-state index in [-0.39, 0.29) is 0 Å². The average molecular weight is 243 g/mol. The van der Waals surface area contributed by atoms with E-state index in [1.165, 1.54) is 0 Å². The van der Waals surface area contributed by atoms with E-state index < -0.39 is 0 Å². The highest BCUT2D eigenvalue weighted by atomic mass is 16.5. The minimum Gasteiger partial charge on any atom is -0.497 e. The number of hydrogen-bond donors (Lipinski definition) is 0. The summed E-state index contributed by atoms with van der Waals surface area (Å²) in [5.74, 6) is 2.71. The molecule has 0 saturated heterocycles. The zero-order valence-corrected chi connectivity index (χ0v) is 10.5. The summed E-state index contributed by atoms with van der Waals surface area (Å²) in [6, 6.07) is 13.0. The first-order valence-electron chi connectivity index (χ1n) is 5.55. The summed E-state index contributed by atoms with van der Waals surface area (Å²) in [6.45, 7) is 3.86. The maximum atomic E-state index is 5.78. The van der Waals surface area contributed by atoms with Gasteiger partial charge in [0.1, 0.15) is 11.5 Å². The van der Waals surface area contributed by atoms with Gasteiger partial charge >= 0.3 is 0 Å². The van der Waals surface area contributed by atoms with Gasteiger partial charge in [0.25, 0.3) is 0 Å². The summed E-state index contributed by atoms with van der Waals surface area (Å²) in [4.78, 5) is 0. The first-order valence-corrected chi connectivity index (χ1v) is 5.55. The Hall–Kier alpha value is -2.16. The molecule has 2 aromatic rings. The molecule has 3 heteroatoms. The summed E-state index contributed by atoms with van der Waals surface area (Å²) in [5, 5.41) is 0. The van der Waals surface area contributed by atoms with Crippen LogP contribution in [0.2, 0.25) is 0 Å². The zero-order valence-electron chi connectivity index (χ0n) is 10.5. The van der Waals surface area contributed by atoms with E-state index in [9.17, 15) is 0 Å². The maximum Gasteiger partial charge on any atom is 0.172 e. The second kappa shape index (κ2) is 5.45. The molecule has 0 aromatic heterocycles. The normalized spacial score (nSPS) is 9.94. The minimum absolute atomic E-state index is 0.613. The fraction of sp³-hybridized carbons (Fsp3) is 0.133. The Kier molecular flexibility index (Phi) is 3.72. The van der Waals surface area contributed by atoms with Gasteiger partial charge in [-0.2, -0.15) is 0 Å². The van der Waals surface area contributed by atoms with Crippen LogP contribution in [0.25, 0.3) is 0 Å². The fourth-order valence-electron chi connectivity index (χ4n) is 1.60. The van der Waals surface area contributed by atoms with Crippen LogP contribution in [0.1, 0.15) is 5.56 Å². The third kappa shape index (κ3) is 2.74. The molecule has 0 aliphatic heterocycles. The Labute approximate surface area is 107 Å². The molecular weight excluding hydrogens is 228 g/mol. The predicted octanol–water partition coefficient (Wildman–Crippen LogP) is 3.68. The standard InChI is InChI=1S/C15H15O3/c1-11-5-4-6-13(9-11)18-15-10-12(16-2)7-8-14(15)17-3/h4-10H,1H2,2-3H3. The molecule has 0 saturated carbocycles. The summed E-state index contributed by atoms with van der Waals surface area (Å²) < 4.78 is 16.2. The Morgan fingerprint density at radius 1 is 0.833 bits per heavy atom. The molecule has 0 bridgehead atoms. The molecule has 0 aliphatic rings. The first-order chi connectivity index (χ1) is 8.72. The maximum absolute atomic E-state index is 5.78. The van der Waals surface area contributed by atoms with Gasteiger partial charge in [-0.1, -0.05) is 12.1 Å². The lowest BCUT2D eigenvalue weighted by Gasteiger charge is -2.12. The Morgan fingerprint density at radius 3 is 2.33 bits per heavy atom. The highest BCUT2D eigenvalue weighted by Crippen LogP contribution is 2.34. The monoisotopic (exact) mass is 243 g/mol. The molecule has 1 radical (unpaired) electrons. The van der Waals surface area contributed by atoms with E-state index in [2.05, 4.69) is 6.92 Å². The van der Waals surface area contributed by atoms with Gasteiger partial charge in [0.15, 0.2) is 11.5 Å². The molecule has 2 rings (SSSR count). The molecule has 0 fully saturated rings. The summed E-state index contributed by atoms with van der Waals surface area (Å²) in [6.07, 6.45) is 0. The lowest BCUT2D eigenvalue weighted by Crippen LogP contribution is -1.92. The van der Waals surface area contributed by atoms with Crippen LogP contribution in [0.4, 0.5) is 0 Å². The molecule has 2 aromatic carbocycles. The molecule has 3 nitrogen and oxygen atoms in total. The van der Waals surface area contributed by atoms with Crippen molar-refractivity contribution in [2.45, 2.75) is 0 Å². The lowest BCUT2D eigenvalue weighted by atomic mass is 10.2. The minimum atomic E-state index is 0.613. The number of benzene rings is 2. The summed E-state index contributed by atoms with van der Waals surface area (Å²) >= 11 is 0. The van der Waals surface area contributed by atoms with E-state index >= 15 is 0 Å². The van der Waals surface area contributed by atoms with Gasteiger partial charge in [-0.05, 0) is 36.8 Å². The van der Waals surface area contributed by atoms with Crippen molar-refractivity contribution >= 4 is 0 Å². The van der Waals surface area contributed by atoms with Crippen LogP contribution in [0.3, 0.4) is 0 Å². The molecule has 18 heavy (non-hydrogen) atoms. The van der Waals surface area contributed by atoms with Crippen LogP contribution in [-0.2, 0) is 0 Å². The van der Waals surface area contributed by atoms with Crippen molar-refractivity contribution in [3.63, 3.8) is 0 Å². The summed E-state index contributed by atoms with van der Waals surface area (Å²) in [7, 11) is 3.22. The van der Waals surface area contributed by atoms with Gasteiger partial charge in [0.05, 0.1) is 14.2 Å². The van der Waals surface area contributed by atoms with Crippen molar-refractivity contribution in [3.05, 3.63) is 55.0 Å². The van der Waals surface area contributed by atoms with E-state index in [0.29, 0.717) is 17.2 Å². The molecule has 0 spiro atoms. The molecule has 0 heterocycles. The second-order valence-electron chi connectivity index (χ2n) is 3.77. The van der Waals surface area contributed by atoms with Gasteiger partial charge < -0.3 is 14.2 Å². The van der Waals surface area contributed by atoms with Crippen molar-refractivity contribution in [3.8, 4) is 23.0 Å². The van der Waals surface area contributed by atoms with Crippen LogP contribution >= 0.6 is 0 Å². The van der Waals surface area contributed by atoms with Crippen molar-refractivity contribution in [1.82, 2.24) is 0 Å². The third-order valence-electron chi connectivity index (χ3n) is 2.50. The van der Waals surface area contributed by atoms with Crippen molar-refractivity contribution in [1.29, 1.82) is 0 Å². The Balaban J connectivity index is 2.32. The van der Waals surface area contributed by atoms with Crippen molar-refractivity contribution in [2.24, 2.45) is 0 Å². The molecular formula is C15H15O3. The first kappa shape index (κ1) is 12.3. The van der Waals surface area contributed by atoms with Gasteiger partial charge in [-0.3, -0.25) is 0 Å². The van der Waals surface area contributed by atoms with E-state index in [1.54, 1.807) is 20.3 Å².